The fourth-order valence-electron chi connectivity index (χ4n) is 1.52. The van der Waals surface area contributed by atoms with Gasteiger partial charge < -0.3 is 10.1 Å². The van der Waals surface area contributed by atoms with Gasteiger partial charge in [0.2, 0.25) is 5.91 Å². The van der Waals surface area contributed by atoms with Gasteiger partial charge in [-0.15, -0.1) is 0 Å². The molecule has 1 aromatic rings. The van der Waals surface area contributed by atoms with Crippen molar-refractivity contribution < 1.29 is 9.53 Å². The van der Waals surface area contributed by atoms with E-state index >= 15 is 0 Å². The summed E-state index contributed by atoms with van der Waals surface area (Å²) in [5.41, 5.74) is 3.19. The maximum Gasteiger partial charge on any atom is 0.244 e. The van der Waals surface area contributed by atoms with Crippen molar-refractivity contribution in [3.8, 4) is 0 Å². The number of carbonyl (C=O) groups excluding carboxylic acids is 1. The molecular formula is C14H19NO2. The van der Waals surface area contributed by atoms with Crippen LogP contribution in [0.5, 0.6) is 0 Å². The highest BCUT2D eigenvalue weighted by Gasteiger charge is 2.02. The number of allylic oxidation sites excluding steroid dienone is 1. The van der Waals surface area contributed by atoms with Gasteiger partial charge in [-0.2, -0.15) is 0 Å². The van der Waals surface area contributed by atoms with E-state index in [1.165, 1.54) is 0 Å². The summed E-state index contributed by atoms with van der Waals surface area (Å²) >= 11 is 0. The molecule has 92 valence electrons. The molecule has 17 heavy (non-hydrogen) atoms. The summed E-state index contributed by atoms with van der Waals surface area (Å²) < 4.78 is 5.12. The van der Waals surface area contributed by atoms with Crippen molar-refractivity contribution in [2.24, 2.45) is 0 Å². The molecule has 0 atom stereocenters. The Morgan fingerprint density at radius 2 is 1.94 bits per heavy atom. The quantitative estimate of drug-likeness (QED) is 0.793. The third-order valence-electron chi connectivity index (χ3n) is 2.29. The molecule has 0 aliphatic rings. The first-order valence-corrected chi connectivity index (χ1v) is 5.62. The molecule has 1 amide bonds. The first kappa shape index (κ1) is 13.5. The minimum atomic E-state index is -0.0581. The van der Waals surface area contributed by atoms with E-state index in [9.17, 15) is 4.79 Å². The van der Waals surface area contributed by atoms with Crippen LogP contribution in [0.4, 0.5) is 0 Å². The zero-order valence-electron chi connectivity index (χ0n) is 10.6. The number of nitrogens with one attached hydrogen (secondary N) is 1. The fraction of sp³-hybridized carbons (Fsp3) is 0.357. The number of methoxy groups -OCH3 is 1. The number of rotatable bonds is 5. The van der Waals surface area contributed by atoms with Crippen molar-refractivity contribution in [3.63, 3.8) is 0 Å². The summed E-state index contributed by atoms with van der Waals surface area (Å²) in [5.74, 6) is -0.0581. The number of hydrogen-bond acceptors (Lipinski definition) is 2. The minimum Gasteiger partial charge on any atom is -0.380 e. The average molecular weight is 233 g/mol. The minimum absolute atomic E-state index is 0.0581. The highest BCUT2D eigenvalue weighted by atomic mass is 16.5. The second-order valence-electron chi connectivity index (χ2n) is 4.14. The van der Waals surface area contributed by atoms with E-state index in [1.807, 2.05) is 38.1 Å². The lowest BCUT2D eigenvalue weighted by molar-refractivity contribution is -0.116. The van der Waals surface area contributed by atoms with Gasteiger partial charge in [-0.3, -0.25) is 4.79 Å². The smallest absolute Gasteiger partial charge is 0.244 e. The molecular weight excluding hydrogens is 214 g/mol. The Balaban J connectivity index is 2.62. The highest BCUT2D eigenvalue weighted by molar-refractivity contribution is 5.87. The van der Waals surface area contributed by atoms with E-state index < -0.39 is 0 Å². The molecule has 1 rings (SSSR count). The monoisotopic (exact) mass is 233 g/mol. The van der Waals surface area contributed by atoms with Crippen molar-refractivity contribution in [2.45, 2.75) is 27.0 Å². The van der Waals surface area contributed by atoms with E-state index in [4.69, 9.17) is 4.74 Å². The lowest BCUT2D eigenvalue weighted by atomic mass is 10.1. The maximum absolute atomic E-state index is 11.5. The van der Waals surface area contributed by atoms with Crippen LogP contribution in [0.1, 0.15) is 25.0 Å². The lowest BCUT2D eigenvalue weighted by Gasteiger charge is -2.09. The first-order valence-electron chi connectivity index (χ1n) is 5.62. The Hall–Kier alpha value is -1.61. The molecule has 0 spiro atoms. The summed E-state index contributed by atoms with van der Waals surface area (Å²) in [6, 6.07) is 7.93. The van der Waals surface area contributed by atoms with Crippen molar-refractivity contribution in [1.82, 2.24) is 5.32 Å². The predicted molar refractivity (Wildman–Crippen MR) is 68.4 cm³/mol. The molecule has 1 N–H and O–H groups in total. The normalized spacial score (nSPS) is 9.82. The zero-order chi connectivity index (χ0) is 12.7. The van der Waals surface area contributed by atoms with Crippen molar-refractivity contribution >= 4 is 5.91 Å². The van der Waals surface area contributed by atoms with E-state index in [0.717, 1.165) is 16.7 Å². The second kappa shape index (κ2) is 6.86. The summed E-state index contributed by atoms with van der Waals surface area (Å²) in [5, 5.41) is 2.86. The molecule has 0 saturated heterocycles. The fourth-order valence-corrected chi connectivity index (χ4v) is 1.52. The van der Waals surface area contributed by atoms with Gasteiger partial charge in [-0.25, -0.2) is 0 Å². The van der Waals surface area contributed by atoms with Gasteiger partial charge in [0.25, 0.3) is 0 Å². The van der Waals surface area contributed by atoms with Crippen LogP contribution in [0, 0.1) is 0 Å². The molecule has 0 fully saturated rings. The molecule has 0 saturated carbocycles. The molecule has 0 aromatic heterocycles. The van der Waals surface area contributed by atoms with E-state index in [0.29, 0.717) is 13.2 Å². The van der Waals surface area contributed by atoms with Crippen molar-refractivity contribution in [1.29, 1.82) is 0 Å². The number of amides is 1. The highest BCUT2D eigenvalue weighted by Crippen LogP contribution is 2.09. The Kier molecular flexibility index (Phi) is 5.43. The van der Waals surface area contributed by atoms with Gasteiger partial charge >= 0.3 is 0 Å². The van der Waals surface area contributed by atoms with Crippen LogP contribution in [-0.4, -0.2) is 13.0 Å². The molecule has 0 unspecified atom stereocenters. The number of benzene rings is 1. The van der Waals surface area contributed by atoms with E-state index in [1.54, 1.807) is 13.2 Å². The van der Waals surface area contributed by atoms with Crippen LogP contribution < -0.4 is 5.32 Å². The number of ether oxygens (including phenoxy) is 1. The van der Waals surface area contributed by atoms with Gasteiger partial charge in [-0.1, -0.05) is 29.8 Å². The van der Waals surface area contributed by atoms with Crippen LogP contribution in [-0.2, 0) is 22.7 Å². The van der Waals surface area contributed by atoms with Gasteiger partial charge in [0.1, 0.15) is 0 Å². The summed E-state index contributed by atoms with van der Waals surface area (Å²) in [4.78, 5) is 11.5. The third kappa shape index (κ3) is 4.83. The summed E-state index contributed by atoms with van der Waals surface area (Å²) in [6.45, 7) is 4.90. The van der Waals surface area contributed by atoms with Crippen LogP contribution in [0.15, 0.2) is 35.9 Å². The van der Waals surface area contributed by atoms with Gasteiger partial charge in [0.15, 0.2) is 0 Å². The third-order valence-corrected chi connectivity index (χ3v) is 2.29. The second-order valence-corrected chi connectivity index (χ2v) is 4.14. The number of carbonyl (C=O) groups is 1. The Labute approximate surface area is 102 Å². The largest absolute Gasteiger partial charge is 0.380 e. The van der Waals surface area contributed by atoms with Crippen molar-refractivity contribution in [3.05, 3.63) is 47.0 Å². The topological polar surface area (TPSA) is 38.3 Å². The molecule has 1 aromatic carbocycles. The molecule has 0 radical (unpaired) electrons. The Morgan fingerprint density at radius 3 is 2.53 bits per heavy atom. The Morgan fingerprint density at radius 1 is 1.29 bits per heavy atom. The molecule has 0 heterocycles. The standard InChI is InChI=1S/C14H19NO2/c1-11(2)8-14(16)15-9-12-6-4-5-7-13(12)10-17-3/h4-8H,9-10H2,1-3H3,(H,15,16). The van der Waals surface area contributed by atoms with E-state index in [2.05, 4.69) is 5.32 Å². The number of hydrogen-bond donors (Lipinski definition) is 1. The molecule has 3 nitrogen and oxygen atoms in total. The average Bonchev–Trinajstić information content (AvgIpc) is 2.27. The summed E-state index contributed by atoms with van der Waals surface area (Å²) in [6.07, 6.45) is 1.60. The molecule has 0 aliphatic heterocycles. The van der Waals surface area contributed by atoms with Gasteiger partial charge in [-0.05, 0) is 25.0 Å². The van der Waals surface area contributed by atoms with Crippen LogP contribution in [0.25, 0.3) is 0 Å². The predicted octanol–water partition coefficient (Wildman–Crippen LogP) is 2.42. The van der Waals surface area contributed by atoms with Crippen LogP contribution >= 0.6 is 0 Å². The summed E-state index contributed by atoms with van der Waals surface area (Å²) in [7, 11) is 1.67. The molecule has 3 heteroatoms. The van der Waals surface area contributed by atoms with Gasteiger partial charge in [0.05, 0.1) is 6.61 Å². The Bertz CT molecular complexity index is 406. The maximum atomic E-state index is 11.5. The zero-order valence-corrected chi connectivity index (χ0v) is 10.6. The molecule has 0 aliphatic carbocycles. The SMILES string of the molecule is COCc1ccccc1CNC(=O)C=C(C)C. The first-order chi connectivity index (χ1) is 8.13. The van der Waals surface area contributed by atoms with Gasteiger partial charge in [0, 0.05) is 19.7 Å². The van der Waals surface area contributed by atoms with Crippen LogP contribution in [0.2, 0.25) is 0 Å². The van der Waals surface area contributed by atoms with Crippen LogP contribution in [0.3, 0.4) is 0 Å². The van der Waals surface area contributed by atoms with Crippen molar-refractivity contribution in [2.75, 3.05) is 7.11 Å². The van der Waals surface area contributed by atoms with E-state index in [-0.39, 0.29) is 5.91 Å². The lowest BCUT2D eigenvalue weighted by Crippen LogP contribution is -2.21. The molecule has 0 bridgehead atoms.